The molecule has 7 nitrogen and oxygen atoms in total. The summed E-state index contributed by atoms with van der Waals surface area (Å²) in [4.78, 5) is 29.9. The normalized spacial score (nSPS) is 11.5. The molecule has 0 unspecified atom stereocenters. The SMILES string of the molecule is CC(C)(C)C(=O)Oc1cccc(-c2nc3ccc([N+](=O)[O-])cc3[nH]2)c1. The molecule has 0 saturated heterocycles. The zero-order chi connectivity index (χ0) is 18.2. The monoisotopic (exact) mass is 339 g/mol. The fraction of sp³-hybridized carbons (Fsp3) is 0.222. The topological polar surface area (TPSA) is 98.1 Å². The number of hydrogen-bond acceptors (Lipinski definition) is 5. The standard InChI is InChI=1S/C18H17N3O4/c1-18(2,3)17(22)25-13-6-4-5-11(9-13)16-19-14-8-7-12(21(23)24)10-15(14)20-16/h4-10H,1-3H3,(H,19,20). The molecule has 0 spiro atoms. The molecule has 2 aromatic carbocycles. The summed E-state index contributed by atoms with van der Waals surface area (Å²) in [6.45, 7) is 5.35. The predicted molar refractivity (Wildman–Crippen MR) is 93.3 cm³/mol. The molecular weight excluding hydrogens is 322 g/mol. The van der Waals surface area contributed by atoms with Crippen molar-refractivity contribution in [2.75, 3.05) is 0 Å². The molecule has 0 amide bonds. The Hall–Kier alpha value is -3.22. The van der Waals surface area contributed by atoms with Crippen molar-refractivity contribution in [2.45, 2.75) is 20.8 Å². The fourth-order valence-corrected chi connectivity index (χ4v) is 2.21. The highest BCUT2D eigenvalue weighted by Gasteiger charge is 2.23. The van der Waals surface area contributed by atoms with E-state index >= 15 is 0 Å². The second-order valence-corrected chi connectivity index (χ2v) is 6.71. The maximum Gasteiger partial charge on any atom is 0.316 e. The lowest BCUT2D eigenvalue weighted by atomic mass is 9.97. The van der Waals surface area contributed by atoms with Gasteiger partial charge in [0.1, 0.15) is 11.6 Å². The molecule has 0 fully saturated rings. The van der Waals surface area contributed by atoms with Crippen LogP contribution in [-0.4, -0.2) is 20.9 Å². The Morgan fingerprint density at radius 2 is 1.96 bits per heavy atom. The van der Waals surface area contributed by atoms with Crippen molar-refractivity contribution in [3.05, 3.63) is 52.6 Å². The van der Waals surface area contributed by atoms with Crippen LogP contribution in [0.4, 0.5) is 5.69 Å². The Morgan fingerprint density at radius 3 is 2.64 bits per heavy atom. The van der Waals surface area contributed by atoms with Crippen molar-refractivity contribution in [1.82, 2.24) is 9.97 Å². The molecule has 0 aliphatic carbocycles. The minimum atomic E-state index is -0.603. The van der Waals surface area contributed by atoms with E-state index in [1.165, 1.54) is 12.1 Å². The third-order valence-electron chi connectivity index (χ3n) is 3.61. The number of carbonyl (C=O) groups is 1. The average molecular weight is 339 g/mol. The highest BCUT2D eigenvalue weighted by atomic mass is 16.6. The number of aromatic nitrogens is 2. The van der Waals surface area contributed by atoms with Crippen molar-refractivity contribution < 1.29 is 14.5 Å². The smallest absolute Gasteiger partial charge is 0.316 e. The number of non-ortho nitro benzene ring substituents is 1. The van der Waals surface area contributed by atoms with Gasteiger partial charge < -0.3 is 9.72 Å². The van der Waals surface area contributed by atoms with E-state index in [4.69, 9.17) is 4.74 Å². The number of benzene rings is 2. The van der Waals surface area contributed by atoms with Crippen molar-refractivity contribution in [1.29, 1.82) is 0 Å². The first kappa shape index (κ1) is 16.6. The van der Waals surface area contributed by atoms with Crippen LogP contribution < -0.4 is 4.74 Å². The highest BCUT2D eigenvalue weighted by molar-refractivity contribution is 5.82. The molecule has 0 saturated carbocycles. The number of nitro benzene ring substituents is 1. The van der Waals surface area contributed by atoms with Gasteiger partial charge >= 0.3 is 5.97 Å². The Kier molecular flexibility index (Phi) is 4.00. The molecule has 0 atom stereocenters. The molecule has 0 aliphatic heterocycles. The minimum absolute atomic E-state index is 0.00411. The number of hydrogen-bond donors (Lipinski definition) is 1. The second kappa shape index (κ2) is 6.01. The van der Waals surface area contributed by atoms with Crippen molar-refractivity contribution in [2.24, 2.45) is 5.41 Å². The molecule has 0 aliphatic rings. The molecule has 25 heavy (non-hydrogen) atoms. The number of aromatic amines is 1. The minimum Gasteiger partial charge on any atom is -0.426 e. The van der Waals surface area contributed by atoms with Crippen molar-refractivity contribution in [3.8, 4) is 17.1 Å². The van der Waals surface area contributed by atoms with E-state index in [0.29, 0.717) is 22.6 Å². The lowest BCUT2D eigenvalue weighted by Gasteiger charge is -2.16. The average Bonchev–Trinajstić information content (AvgIpc) is 2.97. The number of nitrogens with one attached hydrogen (secondary N) is 1. The summed E-state index contributed by atoms with van der Waals surface area (Å²) < 4.78 is 5.40. The van der Waals surface area contributed by atoms with Gasteiger partial charge in [0.2, 0.25) is 0 Å². The lowest BCUT2D eigenvalue weighted by Crippen LogP contribution is -2.25. The largest absolute Gasteiger partial charge is 0.426 e. The molecule has 7 heteroatoms. The van der Waals surface area contributed by atoms with Gasteiger partial charge in [-0.15, -0.1) is 0 Å². The second-order valence-electron chi connectivity index (χ2n) is 6.71. The molecule has 1 aromatic heterocycles. The number of nitro groups is 1. The highest BCUT2D eigenvalue weighted by Crippen LogP contribution is 2.27. The number of imidazole rings is 1. The van der Waals surface area contributed by atoms with E-state index in [0.717, 1.165) is 5.56 Å². The van der Waals surface area contributed by atoms with Crippen LogP contribution in [0.3, 0.4) is 0 Å². The molecule has 3 aromatic rings. The van der Waals surface area contributed by atoms with E-state index < -0.39 is 10.3 Å². The number of ether oxygens (including phenoxy) is 1. The first-order chi connectivity index (χ1) is 11.7. The predicted octanol–water partition coefficient (Wildman–Crippen LogP) is 4.09. The van der Waals surface area contributed by atoms with Gasteiger partial charge in [0.15, 0.2) is 0 Å². The van der Waals surface area contributed by atoms with E-state index in [-0.39, 0.29) is 11.7 Å². The van der Waals surface area contributed by atoms with Crippen LogP contribution in [0.5, 0.6) is 5.75 Å². The molecule has 3 rings (SSSR count). The first-order valence-electron chi connectivity index (χ1n) is 7.71. The molecule has 0 radical (unpaired) electrons. The summed E-state index contributed by atoms with van der Waals surface area (Å²) in [7, 11) is 0. The van der Waals surface area contributed by atoms with Gasteiger partial charge in [0.25, 0.3) is 5.69 Å². The maximum atomic E-state index is 12.0. The van der Waals surface area contributed by atoms with Gasteiger partial charge in [-0.2, -0.15) is 0 Å². The Labute approximate surface area is 143 Å². The Morgan fingerprint density at radius 1 is 1.20 bits per heavy atom. The molecule has 128 valence electrons. The number of esters is 1. The van der Waals surface area contributed by atoms with Gasteiger partial charge in [-0.1, -0.05) is 12.1 Å². The Balaban J connectivity index is 1.94. The lowest BCUT2D eigenvalue weighted by molar-refractivity contribution is -0.384. The summed E-state index contributed by atoms with van der Waals surface area (Å²) >= 11 is 0. The summed E-state index contributed by atoms with van der Waals surface area (Å²) in [5.41, 5.74) is 1.31. The molecule has 0 bridgehead atoms. The van der Waals surface area contributed by atoms with Gasteiger partial charge in [-0.05, 0) is 39.0 Å². The number of rotatable bonds is 3. The van der Waals surface area contributed by atoms with Crippen LogP contribution in [0.1, 0.15) is 20.8 Å². The summed E-state index contributed by atoms with van der Waals surface area (Å²) in [6.07, 6.45) is 0. The zero-order valence-corrected chi connectivity index (χ0v) is 14.1. The van der Waals surface area contributed by atoms with E-state index in [9.17, 15) is 14.9 Å². The summed E-state index contributed by atoms with van der Waals surface area (Å²) in [5, 5.41) is 10.9. The van der Waals surface area contributed by atoms with Gasteiger partial charge in [0, 0.05) is 17.7 Å². The van der Waals surface area contributed by atoms with Crippen LogP contribution in [0.15, 0.2) is 42.5 Å². The number of nitrogens with zero attached hydrogens (tertiary/aromatic N) is 2. The number of H-pyrrole nitrogens is 1. The molecule has 1 heterocycles. The van der Waals surface area contributed by atoms with Gasteiger partial charge in [-0.25, -0.2) is 4.98 Å². The third kappa shape index (κ3) is 3.50. The van der Waals surface area contributed by atoms with Crippen LogP contribution >= 0.6 is 0 Å². The number of carbonyl (C=O) groups excluding carboxylic acids is 1. The Bertz CT molecular complexity index is 970. The summed E-state index contributed by atoms with van der Waals surface area (Å²) in [5.74, 6) is 0.637. The first-order valence-corrected chi connectivity index (χ1v) is 7.71. The zero-order valence-electron chi connectivity index (χ0n) is 14.1. The number of fused-ring (bicyclic) bond motifs is 1. The van der Waals surface area contributed by atoms with Gasteiger partial charge in [0.05, 0.1) is 21.4 Å². The maximum absolute atomic E-state index is 12.0. The quantitative estimate of drug-likeness (QED) is 0.335. The van der Waals surface area contributed by atoms with E-state index in [1.54, 1.807) is 45.0 Å². The van der Waals surface area contributed by atoms with Crippen LogP contribution in [0.2, 0.25) is 0 Å². The van der Waals surface area contributed by atoms with Crippen LogP contribution in [-0.2, 0) is 4.79 Å². The van der Waals surface area contributed by atoms with Crippen molar-refractivity contribution >= 4 is 22.7 Å². The van der Waals surface area contributed by atoms with Gasteiger partial charge in [-0.3, -0.25) is 14.9 Å². The van der Waals surface area contributed by atoms with E-state index in [1.807, 2.05) is 6.07 Å². The molecule has 1 N–H and O–H groups in total. The van der Waals surface area contributed by atoms with E-state index in [2.05, 4.69) is 9.97 Å². The summed E-state index contributed by atoms with van der Waals surface area (Å²) in [6, 6.07) is 11.4. The fourth-order valence-electron chi connectivity index (χ4n) is 2.21. The molecular formula is C18H17N3O4. The van der Waals surface area contributed by atoms with Crippen molar-refractivity contribution in [3.63, 3.8) is 0 Å². The third-order valence-corrected chi connectivity index (χ3v) is 3.61. The van der Waals surface area contributed by atoms with Crippen LogP contribution in [0, 0.1) is 15.5 Å². The van der Waals surface area contributed by atoms with Crippen LogP contribution in [0.25, 0.3) is 22.4 Å².